The highest BCUT2D eigenvalue weighted by molar-refractivity contribution is 6.05. The van der Waals surface area contributed by atoms with Crippen molar-refractivity contribution in [1.29, 1.82) is 0 Å². The van der Waals surface area contributed by atoms with Crippen LogP contribution in [0.15, 0.2) is 42.1 Å². The highest BCUT2D eigenvalue weighted by Crippen LogP contribution is 2.65. The van der Waals surface area contributed by atoms with Crippen LogP contribution in [0.2, 0.25) is 0 Å². The topological polar surface area (TPSA) is 46.6 Å². The third kappa shape index (κ3) is 2.28. The largest absolute Gasteiger partial charge is 0.337 e. The number of anilines is 1. The van der Waals surface area contributed by atoms with Crippen LogP contribution in [-0.4, -0.2) is 11.8 Å². The standard InChI is InChI=1S/C19H23NO3/c1-13(21)23-20(14-8-6-5-7-9-14)12-15-16-10-11-19(4,17(15)22)18(16,2)3/h5-9,12,16H,10-11H2,1-4H3. The number of carbonyl (C=O) groups excluding carboxylic acids is 2. The maximum Gasteiger partial charge on any atom is 0.329 e. The maximum absolute atomic E-state index is 12.9. The van der Waals surface area contributed by atoms with Gasteiger partial charge in [-0.3, -0.25) is 4.79 Å². The first kappa shape index (κ1) is 15.8. The second-order valence-electron chi connectivity index (χ2n) is 7.30. The number of hydrogen-bond donors (Lipinski definition) is 0. The smallest absolute Gasteiger partial charge is 0.329 e. The van der Waals surface area contributed by atoms with Crippen molar-refractivity contribution in [2.45, 2.75) is 40.5 Å². The van der Waals surface area contributed by atoms with Crippen molar-refractivity contribution in [2.24, 2.45) is 16.7 Å². The van der Waals surface area contributed by atoms with Crippen LogP contribution in [0.1, 0.15) is 40.5 Å². The lowest BCUT2D eigenvalue weighted by molar-refractivity contribution is -0.141. The number of hydroxylamine groups is 1. The summed E-state index contributed by atoms with van der Waals surface area (Å²) in [5.74, 6) is -0.0135. The Morgan fingerprint density at radius 2 is 1.91 bits per heavy atom. The number of para-hydroxylation sites is 1. The Labute approximate surface area is 137 Å². The number of hydrogen-bond acceptors (Lipinski definition) is 4. The first-order chi connectivity index (χ1) is 10.8. The zero-order valence-corrected chi connectivity index (χ0v) is 14.1. The van der Waals surface area contributed by atoms with Crippen LogP contribution in [0.3, 0.4) is 0 Å². The number of allylic oxidation sites excluding steroid dienone is 1. The Morgan fingerprint density at radius 1 is 1.26 bits per heavy atom. The first-order valence-corrected chi connectivity index (χ1v) is 8.07. The van der Waals surface area contributed by atoms with Gasteiger partial charge in [0.1, 0.15) is 0 Å². The van der Waals surface area contributed by atoms with E-state index in [1.165, 1.54) is 12.0 Å². The number of carbonyl (C=O) groups is 2. The van der Waals surface area contributed by atoms with Crippen molar-refractivity contribution in [2.75, 3.05) is 5.06 Å². The molecule has 2 atom stereocenters. The van der Waals surface area contributed by atoms with E-state index in [1.54, 1.807) is 6.20 Å². The Hall–Kier alpha value is -2.10. The SMILES string of the molecule is CC(=O)ON(C=C1C(=O)C2(C)CCC1C2(C)C)c1ccccc1. The molecule has 0 spiro atoms. The number of rotatable bonds is 3. The molecule has 1 aromatic rings. The molecule has 0 aromatic heterocycles. The predicted molar refractivity (Wildman–Crippen MR) is 88.4 cm³/mol. The molecule has 2 saturated carbocycles. The molecule has 4 heteroatoms. The van der Waals surface area contributed by atoms with Crippen LogP contribution >= 0.6 is 0 Å². The van der Waals surface area contributed by atoms with Crippen LogP contribution in [0.4, 0.5) is 5.69 Å². The van der Waals surface area contributed by atoms with Crippen molar-refractivity contribution in [1.82, 2.24) is 0 Å². The minimum atomic E-state index is -0.410. The van der Waals surface area contributed by atoms with Crippen LogP contribution in [-0.2, 0) is 14.4 Å². The third-order valence-electron chi connectivity index (χ3n) is 5.86. The molecule has 1 aromatic carbocycles. The van der Waals surface area contributed by atoms with E-state index in [0.29, 0.717) is 0 Å². The Balaban J connectivity index is 2.01. The summed E-state index contributed by atoms with van der Waals surface area (Å²) in [6, 6.07) is 9.35. The minimum absolute atomic E-state index is 0.0610. The number of ketones is 1. The van der Waals surface area contributed by atoms with Crippen molar-refractivity contribution >= 4 is 17.4 Å². The molecular weight excluding hydrogens is 290 g/mol. The molecule has 2 aliphatic carbocycles. The predicted octanol–water partition coefficient (Wildman–Crippen LogP) is 3.88. The molecule has 3 rings (SSSR count). The average molecular weight is 313 g/mol. The number of fused-ring (bicyclic) bond motifs is 2. The molecule has 0 aliphatic heterocycles. The Morgan fingerprint density at radius 3 is 2.43 bits per heavy atom. The van der Waals surface area contributed by atoms with Gasteiger partial charge in [0.05, 0.1) is 11.9 Å². The summed E-state index contributed by atoms with van der Waals surface area (Å²) in [5, 5.41) is 1.43. The summed E-state index contributed by atoms with van der Waals surface area (Å²) in [5.41, 5.74) is 1.12. The van der Waals surface area contributed by atoms with Gasteiger partial charge >= 0.3 is 5.97 Å². The van der Waals surface area contributed by atoms with Gasteiger partial charge < -0.3 is 4.84 Å². The maximum atomic E-state index is 12.9. The molecule has 0 amide bonds. The van der Waals surface area contributed by atoms with E-state index in [2.05, 4.69) is 20.8 Å². The van der Waals surface area contributed by atoms with E-state index in [1.807, 2.05) is 30.3 Å². The monoisotopic (exact) mass is 313 g/mol. The first-order valence-electron chi connectivity index (χ1n) is 8.07. The molecule has 0 heterocycles. The summed E-state index contributed by atoms with van der Waals surface area (Å²) in [6.45, 7) is 7.77. The highest BCUT2D eigenvalue weighted by Gasteiger charge is 2.64. The van der Waals surface area contributed by atoms with Crippen LogP contribution in [0.5, 0.6) is 0 Å². The summed E-state index contributed by atoms with van der Waals surface area (Å²) in [4.78, 5) is 29.7. The lowest BCUT2D eigenvalue weighted by atomic mass is 9.70. The Kier molecular flexibility index (Phi) is 3.58. The summed E-state index contributed by atoms with van der Waals surface area (Å²) < 4.78 is 0. The van der Waals surface area contributed by atoms with E-state index >= 15 is 0 Å². The summed E-state index contributed by atoms with van der Waals surface area (Å²) in [6.07, 6.45) is 3.65. The zero-order chi connectivity index (χ0) is 16.8. The van der Waals surface area contributed by atoms with Gasteiger partial charge in [0.15, 0.2) is 5.78 Å². The average Bonchev–Trinajstić information content (AvgIpc) is 2.81. The van der Waals surface area contributed by atoms with Crippen molar-refractivity contribution in [3.8, 4) is 0 Å². The van der Waals surface area contributed by atoms with Gasteiger partial charge in [-0.1, -0.05) is 39.0 Å². The lowest BCUT2D eigenvalue weighted by Gasteiger charge is -2.31. The molecule has 0 radical (unpaired) electrons. The second-order valence-corrected chi connectivity index (χ2v) is 7.30. The molecule has 0 saturated heterocycles. The van der Waals surface area contributed by atoms with Gasteiger partial charge in [-0.05, 0) is 36.3 Å². The lowest BCUT2D eigenvalue weighted by Crippen LogP contribution is -2.32. The van der Waals surface area contributed by atoms with Crippen molar-refractivity contribution < 1.29 is 14.4 Å². The number of Topliss-reactive ketones (excluding diaryl/α,β-unsaturated/α-hetero) is 1. The van der Waals surface area contributed by atoms with Crippen LogP contribution in [0.25, 0.3) is 0 Å². The zero-order valence-electron chi connectivity index (χ0n) is 14.1. The van der Waals surface area contributed by atoms with Gasteiger partial charge in [0, 0.05) is 17.9 Å². The van der Waals surface area contributed by atoms with Gasteiger partial charge in [0.25, 0.3) is 0 Å². The van der Waals surface area contributed by atoms with Crippen molar-refractivity contribution in [3.63, 3.8) is 0 Å². The fourth-order valence-corrected chi connectivity index (χ4v) is 4.07. The molecule has 122 valence electrons. The van der Waals surface area contributed by atoms with Crippen molar-refractivity contribution in [3.05, 3.63) is 42.1 Å². The Bertz CT molecular complexity index is 677. The molecule has 4 nitrogen and oxygen atoms in total. The fourth-order valence-electron chi connectivity index (χ4n) is 4.07. The third-order valence-corrected chi connectivity index (χ3v) is 5.86. The van der Waals surface area contributed by atoms with E-state index < -0.39 is 5.97 Å². The fraction of sp³-hybridized carbons (Fsp3) is 0.474. The van der Waals surface area contributed by atoms with Crippen LogP contribution in [0, 0.1) is 16.7 Å². The summed E-state index contributed by atoms with van der Waals surface area (Å²) in [7, 11) is 0. The molecule has 2 aliphatic rings. The van der Waals surface area contributed by atoms with Crippen LogP contribution < -0.4 is 5.06 Å². The number of benzene rings is 1. The van der Waals surface area contributed by atoms with Gasteiger partial charge in [-0.15, -0.1) is 0 Å². The second kappa shape index (κ2) is 5.22. The van der Waals surface area contributed by atoms with E-state index in [4.69, 9.17) is 4.84 Å². The molecule has 0 N–H and O–H groups in total. The number of nitrogens with zero attached hydrogens (tertiary/aromatic N) is 1. The molecule has 2 unspecified atom stereocenters. The van der Waals surface area contributed by atoms with E-state index in [-0.39, 0.29) is 22.5 Å². The molecule has 2 fully saturated rings. The highest BCUT2D eigenvalue weighted by atomic mass is 16.7. The normalized spacial score (nSPS) is 29.8. The van der Waals surface area contributed by atoms with E-state index in [0.717, 1.165) is 24.1 Å². The van der Waals surface area contributed by atoms with Gasteiger partial charge in [-0.25, -0.2) is 4.79 Å². The molecule has 23 heavy (non-hydrogen) atoms. The quantitative estimate of drug-likeness (QED) is 0.627. The molecule has 2 bridgehead atoms. The van der Waals surface area contributed by atoms with Gasteiger partial charge in [0.2, 0.25) is 0 Å². The molecular formula is C19H23NO3. The minimum Gasteiger partial charge on any atom is -0.337 e. The summed E-state index contributed by atoms with van der Waals surface area (Å²) >= 11 is 0. The van der Waals surface area contributed by atoms with Gasteiger partial charge in [-0.2, -0.15) is 5.06 Å². The van der Waals surface area contributed by atoms with E-state index in [9.17, 15) is 9.59 Å².